The van der Waals surface area contributed by atoms with Crippen LogP contribution in [0.25, 0.3) is 0 Å². The monoisotopic (exact) mass is 516 g/mol. The number of para-hydroxylation sites is 2. The quantitative estimate of drug-likeness (QED) is 0.589. The first-order valence-electron chi connectivity index (χ1n) is 9.54. The molecule has 0 saturated carbocycles. The van der Waals surface area contributed by atoms with Gasteiger partial charge in [-0.05, 0) is 36.5 Å². The largest absolute Gasteiger partial charge is 0.494 e. The number of nitrogens with zero attached hydrogens (tertiary/aromatic N) is 2. The molecule has 1 fully saturated rings. The Morgan fingerprint density at radius 2 is 1.69 bits per heavy atom. The zero-order valence-corrected chi connectivity index (χ0v) is 20.5. The van der Waals surface area contributed by atoms with Crippen LogP contribution in [0.15, 0.2) is 36.4 Å². The molecule has 1 heterocycles. The Balaban J connectivity index is 1.68. The molecule has 1 amide bonds. The van der Waals surface area contributed by atoms with Gasteiger partial charge in [-0.25, -0.2) is 8.42 Å². The van der Waals surface area contributed by atoms with E-state index in [-0.39, 0.29) is 26.5 Å². The second-order valence-electron chi connectivity index (χ2n) is 7.05. The van der Waals surface area contributed by atoms with Gasteiger partial charge in [0.25, 0.3) is 5.91 Å². The summed E-state index contributed by atoms with van der Waals surface area (Å²) in [5, 5.41) is 6.17. The Labute approximate surface area is 202 Å². The topological polar surface area (TPSA) is 91.0 Å². The molecule has 3 rings (SSSR count). The van der Waals surface area contributed by atoms with Crippen LogP contribution in [-0.4, -0.2) is 63.3 Å². The van der Waals surface area contributed by atoms with E-state index in [2.05, 4.69) is 15.5 Å². The van der Waals surface area contributed by atoms with Gasteiger partial charge in [-0.3, -0.25) is 10.1 Å². The molecule has 2 aromatic rings. The summed E-state index contributed by atoms with van der Waals surface area (Å²) >= 11 is 17.5. The highest BCUT2D eigenvalue weighted by atomic mass is 35.5. The standard InChI is InChI=1S/C20H22Cl2N4O4S2/c1-30-18-14(21)11-13(12-15(18)22)19(27)24-20(31)23-16-5-3-4-6-17(16)25-7-9-26(10-8-25)32(2,28)29/h3-6,11-12H,7-10H2,1-2H3,(H2,23,24,27,31). The molecule has 2 aromatic carbocycles. The lowest BCUT2D eigenvalue weighted by Crippen LogP contribution is -2.48. The Bertz CT molecular complexity index is 1110. The van der Waals surface area contributed by atoms with Crippen molar-refractivity contribution in [3.8, 4) is 5.75 Å². The normalized spacial score (nSPS) is 14.7. The van der Waals surface area contributed by atoms with E-state index in [1.807, 2.05) is 24.3 Å². The lowest BCUT2D eigenvalue weighted by molar-refractivity contribution is 0.0977. The fourth-order valence-corrected chi connectivity index (χ4v) is 5.00. The molecular formula is C20H22Cl2N4O4S2. The molecule has 2 N–H and O–H groups in total. The number of amides is 1. The summed E-state index contributed by atoms with van der Waals surface area (Å²) in [5.41, 5.74) is 1.78. The smallest absolute Gasteiger partial charge is 0.257 e. The van der Waals surface area contributed by atoms with Crippen molar-refractivity contribution >= 4 is 67.8 Å². The van der Waals surface area contributed by atoms with Crippen molar-refractivity contribution in [1.29, 1.82) is 0 Å². The van der Waals surface area contributed by atoms with Crippen molar-refractivity contribution in [3.63, 3.8) is 0 Å². The number of hydrogen-bond acceptors (Lipinski definition) is 6. The maximum absolute atomic E-state index is 12.6. The van der Waals surface area contributed by atoms with Crippen molar-refractivity contribution in [2.24, 2.45) is 0 Å². The average Bonchev–Trinajstić information content (AvgIpc) is 2.73. The van der Waals surface area contributed by atoms with E-state index >= 15 is 0 Å². The van der Waals surface area contributed by atoms with Gasteiger partial charge in [-0.15, -0.1) is 0 Å². The number of hydrogen-bond donors (Lipinski definition) is 2. The number of halogens is 2. The third kappa shape index (κ3) is 5.81. The molecule has 32 heavy (non-hydrogen) atoms. The number of methoxy groups -OCH3 is 1. The highest BCUT2D eigenvalue weighted by Crippen LogP contribution is 2.34. The van der Waals surface area contributed by atoms with Gasteiger partial charge in [0.1, 0.15) is 0 Å². The third-order valence-corrected chi connectivity index (χ3v) is 6.96. The molecule has 1 saturated heterocycles. The van der Waals surface area contributed by atoms with Gasteiger partial charge in [0.05, 0.1) is 34.8 Å². The minimum absolute atomic E-state index is 0.0975. The Hall–Kier alpha value is -2.11. The van der Waals surface area contributed by atoms with Gasteiger partial charge in [0, 0.05) is 31.7 Å². The van der Waals surface area contributed by atoms with E-state index in [0.717, 1.165) is 5.69 Å². The Morgan fingerprint density at radius 3 is 2.25 bits per heavy atom. The van der Waals surface area contributed by atoms with E-state index < -0.39 is 15.9 Å². The summed E-state index contributed by atoms with van der Waals surface area (Å²) in [6, 6.07) is 10.3. The number of anilines is 2. The molecule has 0 unspecified atom stereocenters. The molecule has 0 bridgehead atoms. The summed E-state index contributed by atoms with van der Waals surface area (Å²) in [5.74, 6) is -0.191. The first kappa shape index (κ1) is 24.5. The van der Waals surface area contributed by atoms with Gasteiger partial charge in [0.2, 0.25) is 10.0 Å². The third-order valence-electron chi connectivity index (χ3n) is 4.89. The zero-order valence-electron chi connectivity index (χ0n) is 17.4. The first-order valence-corrected chi connectivity index (χ1v) is 12.6. The van der Waals surface area contributed by atoms with Crippen molar-refractivity contribution in [2.75, 3.05) is 49.8 Å². The van der Waals surface area contributed by atoms with Crippen LogP contribution in [0.1, 0.15) is 10.4 Å². The van der Waals surface area contributed by atoms with Gasteiger partial charge in [-0.2, -0.15) is 4.31 Å². The number of thiocarbonyl (C=S) groups is 1. The van der Waals surface area contributed by atoms with E-state index in [1.54, 1.807) is 0 Å². The number of rotatable bonds is 5. The molecule has 1 aliphatic heterocycles. The maximum atomic E-state index is 12.6. The average molecular weight is 517 g/mol. The molecule has 0 radical (unpaired) electrons. The second kappa shape index (κ2) is 10.2. The Morgan fingerprint density at radius 1 is 1.09 bits per heavy atom. The van der Waals surface area contributed by atoms with Gasteiger partial charge >= 0.3 is 0 Å². The highest BCUT2D eigenvalue weighted by molar-refractivity contribution is 7.88. The number of carbonyl (C=O) groups excluding carboxylic acids is 1. The summed E-state index contributed by atoms with van der Waals surface area (Å²) in [6.07, 6.45) is 1.21. The number of carbonyl (C=O) groups is 1. The zero-order chi connectivity index (χ0) is 23.5. The molecule has 0 atom stereocenters. The molecule has 1 aliphatic rings. The number of piperazine rings is 1. The molecule has 0 aliphatic carbocycles. The van der Waals surface area contributed by atoms with Crippen LogP contribution in [0.3, 0.4) is 0 Å². The lowest BCUT2D eigenvalue weighted by Gasteiger charge is -2.35. The van der Waals surface area contributed by atoms with Crippen LogP contribution in [0.2, 0.25) is 10.0 Å². The van der Waals surface area contributed by atoms with E-state index in [0.29, 0.717) is 31.9 Å². The number of benzene rings is 2. The molecule has 12 heteroatoms. The lowest BCUT2D eigenvalue weighted by atomic mass is 10.2. The Kier molecular flexibility index (Phi) is 7.84. The SMILES string of the molecule is COc1c(Cl)cc(C(=O)NC(=S)Nc2ccccc2N2CCN(S(C)(=O)=O)CC2)cc1Cl. The minimum Gasteiger partial charge on any atom is -0.494 e. The number of ether oxygens (including phenoxy) is 1. The molecular weight excluding hydrogens is 495 g/mol. The first-order chi connectivity index (χ1) is 15.1. The van der Waals surface area contributed by atoms with Crippen LogP contribution in [-0.2, 0) is 10.0 Å². The molecule has 172 valence electrons. The predicted octanol–water partition coefficient (Wildman–Crippen LogP) is 3.21. The van der Waals surface area contributed by atoms with Gasteiger partial charge < -0.3 is 15.0 Å². The summed E-state index contributed by atoms with van der Waals surface area (Å²) in [4.78, 5) is 14.7. The molecule has 0 aromatic heterocycles. The van der Waals surface area contributed by atoms with Crippen molar-refractivity contribution < 1.29 is 17.9 Å². The fourth-order valence-electron chi connectivity index (χ4n) is 3.33. The second-order valence-corrected chi connectivity index (χ2v) is 10.3. The van der Waals surface area contributed by atoms with Crippen LogP contribution in [0.4, 0.5) is 11.4 Å². The summed E-state index contributed by atoms with van der Waals surface area (Å²) in [7, 11) is -1.78. The molecule has 8 nitrogen and oxygen atoms in total. The summed E-state index contributed by atoms with van der Waals surface area (Å²) in [6.45, 7) is 1.86. The van der Waals surface area contributed by atoms with Gasteiger partial charge in [-0.1, -0.05) is 35.3 Å². The van der Waals surface area contributed by atoms with Crippen molar-refractivity contribution in [1.82, 2.24) is 9.62 Å². The predicted molar refractivity (Wildman–Crippen MR) is 132 cm³/mol. The maximum Gasteiger partial charge on any atom is 0.257 e. The number of sulfonamides is 1. The highest BCUT2D eigenvalue weighted by Gasteiger charge is 2.24. The molecule has 0 spiro atoms. The van der Waals surface area contributed by atoms with Crippen LogP contribution in [0.5, 0.6) is 5.75 Å². The fraction of sp³-hybridized carbons (Fsp3) is 0.300. The van der Waals surface area contributed by atoms with Crippen molar-refractivity contribution in [2.45, 2.75) is 0 Å². The van der Waals surface area contributed by atoms with Crippen LogP contribution in [0, 0.1) is 0 Å². The van der Waals surface area contributed by atoms with Crippen LogP contribution < -0.4 is 20.3 Å². The van der Waals surface area contributed by atoms with Crippen molar-refractivity contribution in [3.05, 3.63) is 52.0 Å². The summed E-state index contributed by atoms with van der Waals surface area (Å²) < 4.78 is 30.1. The minimum atomic E-state index is -3.22. The van der Waals surface area contributed by atoms with E-state index in [9.17, 15) is 13.2 Å². The van der Waals surface area contributed by atoms with E-state index in [1.165, 1.54) is 29.8 Å². The van der Waals surface area contributed by atoms with Crippen LogP contribution >= 0.6 is 35.4 Å². The van der Waals surface area contributed by atoms with Gasteiger partial charge in [0.15, 0.2) is 10.9 Å². The van der Waals surface area contributed by atoms with E-state index in [4.69, 9.17) is 40.2 Å². The number of nitrogens with one attached hydrogen (secondary N) is 2.